The predicted octanol–water partition coefficient (Wildman–Crippen LogP) is 0.696. The van der Waals surface area contributed by atoms with Crippen LogP contribution in [0, 0.1) is 0 Å². The second kappa shape index (κ2) is 7.22. The van der Waals surface area contributed by atoms with Gasteiger partial charge in [0.2, 0.25) is 5.91 Å². The Morgan fingerprint density at radius 3 is 2.06 bits per heavy atom. The van der Waals surface area contributed by atoms with E-state index in [2.05, 4.69) is 5.32 Å². The second-order valence-corrected chi connectivity index (χ2v) is 3.71. The smallest absolute Gasteiger partial charge is 0.325 e. The molecule has 2 atom stereocenters. The van der Waals surface area contributed by atoms with E-state index >= 15 is 0 Å². The van der Waals surface area contributed by atoms with Crippen molar-refractivity contribution in [2.45, 2.75) is 46.2 Å². The maximum absolute atomic E-state index is 11.8. The lowest BCUT2D eigenvalue weighted by Gasteiger charge is -2.28. The van der Waals surface area contributed by atoms with Gasteiger partial charge in [0.25, 0.3) is 0 Å². The minimum atomic E-state index is -1.01. The summed E-state index contributed by atoms with van der Waals surface area (Å²) in [6.45, 7) is 8.93. The number of nitrogens with one attached hydrogen (secondary N) is 1. The number of carbonyl (C=O) groups excluding carboxylic acids is 1. The molecule has 0 saturated carbocycles. The van der Waals surface area contributed by atoms with Gasteiger partial charge in [-0.3, -0.25) is 14.5 Å². The number of carboxylic acids is 1. The van der Waals surface area contributed by atoms with Crippen molar-refractivity contribution in [1.82, 2.24) is 10.2 Å². The van der Waals surface area contributed by atoms with E-state index in [1.165, 1.54) is 6.92 Å². The van der Waals surface area contributed by atoms with Gasteiger partial charge >= 0.3 is 5.97 Å². The average Bonchev–Trinajstić information content (AvgIpc) is 2.24. The molecule has 5 nitrogen and oxygen atoms in total. The van der Waals surface area contributed by atoms with Crippen molar-refractivity contribution < 1.29 is 14.7 Å². The Kier molecular flexibility index (Phi) is 6.72. The third kappa shape index (κ3) is 4.18. The van der Waals surface area contributed by atoms with Crippen LogP contribution in [0.15, 0.2) is 0 Å². The van der Waals surface area contributed by atoms with Gasteiger partial charge in [-0.15, -0.1) is 0 Å². The van der Waals surface area contributed by atoms with Gasteiger partial charge in [0.1, 0.15) is 6.04 Å². The molecule has 0 saturated heterocycles. The number of rotatable bonds is 7. The summed E-state index contributed by atoms with van der Waals surface area (Å²) in [4.78, 5) is 24.5. The first-order valence-electron chi connectivity index (χ1n) is 5.75. The fourth-order valence-corrected chi connectivity index (χ4v) is 1.65. The first-order valence-corrected chi connectivity index (χ1v) is 5.75. The Morgan fingerprint density at radius 2 is 1.75 bits per heavy atom. The highest BCUT2D eigenvalue weighted by Gasteiger charge is 2.24. The Hall–Kier alpha value is -1.10. The molecule has 94 valence electrons. The summed E-state index contributed by atoms with van der Waals surface area (Å²) in [7, 11) is 0. The molecule has 0 fully saturated rings. The van der Waals surface area contributed by atoms with E-state index in [-0.39, 0.29) is 11.9 Å². The van der Waals surface area contributed by atoms with Crippen molar-refractivity contribution in [1.29, 1.82) is 0 Å². The number of amides is 1. The molecule has 0 aromatic rings. The summed E-state index contributed by atoms with van der Waals surface area (Å²) in [6, 6.07) is -1.08. The van der Waals surface area contributed by atoms with Gasteiger partial charge in [-0.25, -0.2) is 0 Å². The molecule has 0 radical (unpaired) electrons. The number of hydrogen-bond donors (Lipinski definition) is 2. The molecule has 0 bridgehead atoms. The molecule has 0 aliphatic heterocycles. The fourth-order valence-electron chi connectivity index (χ4n) is 1.65. The van der Waals surface area contributed by atoms with Crippen LogP contribution in [0.5, 0.6) is 0 Å². The maximum Gasteiger partial charge on any atom is 0.325 e. The van der Waals surface area contributed by atoms with Gasteiger partial charge in [0.15, 0.2) is 0 Å². The zero-order valence-electron chi connectivity index (χ0n) is 10.5. The normalized spacial score (nSPS) is 14.6. The van der Waals surface area contributed by atoms with Gasteiger partial charge in [-0.1, -0.05) is 20.8 Å². The highest BCUT2D eigenvalue weighted by Crippen LogP contribution is 2.04. The van der Waals surface area contributed by atoms with Gasteiger partial charge in [0.05, 0.1) is 6.04 Å². The number of carboxylic acid groups (broad SMARTS) is 1. The van der Waals surface area contributed by atoms with Crippen molar-refractivity contribution in [3.63, 3.8) is 0 Å². The van der Waals surface area contributed by atoms with Gasteiger partial charge in [-0.2, -0.15) is 0 Å². The van der Waals surface area contributed by atoms with E-state index in [4.69, 9.17) is 5.11 Å². The molecule has 0 spiro atoms. The van der Waals surface area contributed by atoms with E-state index in [1.807, 2.05) is 25.7 Å². The summed E-state index contributed by atoms with van der Waals surface area (Å²) in [5.74, 6) is -1.22. The van der Waals surface area contributed by atoms with Crippen molar-refractivity contribution in [2.24, 2.45) is 0 Å². The average molecular weight is 230 g/mol. The minimum absolute atomic E-state index is 0.207. The Morgan fingerprint density at radius 1 is 1.25 bits per heavy atom. The van der Waals surface area contributed by atoms with Gasteiger partial charge in [0, 0.05) is 0 Å². The highest BCUT2D eigenvalue weighted by atomic mass is 16.4. The molecule has 0 heterocycles. The van der Waals surface area contributed by atoms with Crippen molar-refractivity contribution in [3.05, 3.63) is 0 Å². The molecule has 0 rings (SSSR count). The van der Waals surface area contributed by atoms with Crippen LogP contribution in [0.25, 0.3) is 0 Å². The van der Waals surface area contributed by atoms with Gasteiger partial charge in [-0.05, 0) is 26.4 Å². The SMILES string of the molecule is CCC(C(=O)N[C@H](C)C(=O)O)N(CC)CC. The standard InChI is InChI=1S/C11H22N2O3/c1-5-9(13(6-2)7-3)10(14)12-8(4)11(15)16/h8-9H,5-7H2,1-4H3,(H,12,14)(H,15,16)/t8-,9?/m1/s1. The molecule has 0 aromatic heterocycles. The van der Waals surface area contributed by atoms with Crippen LogP contribution >= 0.6 is 0 Å². The molecule has 16 heavy (non-hydrogen) atoms. The van der Waals surface area contributed by atoms with E-state index < -0.39 is 12.0 Å². The summed E-state index contributed by atoms with van der Waals surface area (Å²) >= 11 is 0. The number of aliphatic carboxylic acids is 1. The molecule has 0 aliphatic rings. The minimum Gasteiger partial charge on any atom is -0.480 e. The van der Waals surface area contributed by atoms with E-state index in [0.29, 0.717) is 6.42 Å². The molecular weight excluding hydrogens is 208 g/mol. The van der Waals surface area contributed by atoms with Crippen LogP contribution in [0.4, 0.5) is 0 Å². The number of hydrogen-bond acceptors (Lipinski definition) is 3. The lowest BCUT2D eigenvalue weighted by Crippen LogP contribution is -2.50. The fraction of sp³-hybridized carbons (Fsp3) is 0.818. The monoisotopic (exact) mass is 230 g/mol. The van der Waals surface area contributed by atoms with Gasteiger partial charge < -0.3 is 10.4 Å². The topological polar surface area (TPSA) is 69.6 Å². The zero-order valence-corrected chi connectivity index (χ0v) is 10.5. The van der Waals surface area contributed by atoms with Crippen LogP contribution < -0.4 is 5.32 Å². The van der Waals surface area contributed by atoms with Crippen LogP contribution in [0.1, 0.15) is 34.1 Å². The summed E-state index contributed by atoms with van der Waals surface area (Å²) < 4.78 is 0. The molecule has 2 N–H and O–H groups in total. The van der Waals surface area contributed by atoms with Crippen LogP contribution in [0.2, 0.25) is 0 Å². The lowest BCUT2D eigenvalue weighted by atomic mass is 10.1. The molecular formula is C11H22N2O3. The largest absolute Gasteiger partial charge is 0.480 e. The van der Waals surface area contributed by atoms with E-state index in [0.717, 1.165) is 13.1 Å². The Bertz CT molecular complexity index is 239. The number of likely N-dealkylation sites (N-methyl/N-ethyl adjacent to an activating group) is 1. The number of carbonyl (C=O) groups is 2. The van der Waals surface area contributed by atoms with Crippen molar-refractivity contribution >= 4 is 11.9 Å². The summed E-state index contributed by atoms with van der Waals surface area (Å²) in [6.07, 6.45) is 0.680. The van der Waals surface area contributed by atoms with Crippen LogP contribution in [-0.4, -0.2) is 47.1 Å². The summed E-state index contributed by atoms with van der Waals surface area (Å²) in [5, 5.41) is 11.2. The Labute approximate surface area is 96.8 Å². The molecule has 1 amide bonds. The van der Waals surface area contributed by atoms with Crippen molar-refractivity contribution in [2.75, 3.05) is 13.1 Å². The Balaban J connectivity index is 4.47. The molecule has 1 unspecified atom stereocenters. The van der Waals surface area contributed by atoms with Crippen LogP contribution in [-0.2, 0) is 9.59 Å². The molecule has 0 aromatic carbocycles. The predicted molar refractivity (Wildman–Crippen MR) is 62.2 cm³/mol. The first-order chi connectivity index (χ1) is 7.47. The maximum atomic E-state index is 11.8. The summed E-state index contributed by atoms with van der Waals surface area (Å²) in [5.41, 5.74) is 0. The van der Waals surface area contributed by atoms with E-state index in [1.54, 1.807) is 0 Å². The number of nitrogens with zero attached hydrogens (tertiary/aromatic N) is 1. The van der Waals surface area contributed by atoms with Crippen molar-refractivity contribution in [3.8, 4) is 0 Å². The lowest BCUT2D eigenvalue weighted by molar-refractivity contribution is -0.142. The van der Waals surface area contributed by atoms with E-state index in [9.17, 15) is 9.59 Å². The second-order valence-electron chi connectivity index (χ2n) is 3.71. The first kappa shape index (κ1) is 14.9. The quantitative estimate of drug-likeness (QED) is 0.675. The highest BCUT2D eigenvalue weighted by molar-refractivity contribution is 5.86. The third-order valence-corrected chi connectivity index (χ3v) is 2.67. The zero-order chi connectivity index (χ0) is 12.7. The molecule has 0 aliphatic carbocycles. The molecule has 5 heteroatoms. The van der Waals surface area contributed by atoms with Crippen LogP contribution in [0.3, 0.4) is 0 Å². The third-order valence-electron chi connectivity index (χ3n) is 2.67.